The smallest absolute Gasteiger partial charge is 0.407 e. The first kappa shape index (κ1) is 17.4. The van der Waals surface area contributed by atoms with Crippen molar-refractivity contribution in [2.75, 3.05) is 0 Å². The summed E-state index contributed by atoms with van der Waals surface area (Å²) in [7, 11) is 0. The van der Waals surface area contributed by atoms with Crippen molar-refractivity contribution in [3.05, 3.63) is 24.0 Å². The molecule has 1 aliphatic carbocycles. The molecule has 0 saturated heterocycles. The van der Waals surface area contributed by atoms with Crippen LogP contribution in [0.15, 0.2) is 12.4 Å². The van der Waals surface area contributed by atoms with Gasteiger partial charge in [0.25, 0.3) is 0 Å². The number of nitrogens with one attached hydrogen (secondary N) is 1. The Morgan fingerprint density at radius 3 is 2.65 bits per heavy atom. The van der Waals surface area contributed by atoms with Gasteiger partial charge in [-0.2, -0.15) is 17.6 Å². The maximum atomic E-state index is 12.7. The molecule has 1 amide bonds. The van der Waals surface area contributed by atoms with Crippen molar-refractivity contribution in [3.8, 4) is 0 Å². The molecule has 23 heavy (non-hydrogen) atoms. The van der Waals surface area contributed by atoms with Gasteiger partial charge in [0.05, 0.1) is 6.42 Å². The van der Waals surface area contributed by atoms with E-state index in [9.17, 15) is 22.4 Å². The lowest BCUT2D eigenvalue weighted by Gasteiger charge is -2.18. The molecule has 0 aliphatic heterocycles. The highest BCUT2D eigenvalue weighted by Gasteiger charge is 2.32. The summed E-state index contributed by atoms with van der Waals surface area (Å²) in [5.74, 6) is 0.0426. The van der Waals surface area contributed by atoms with Crippen molar-refractivity contribution in [3.63, 3.8) is 0 Å². The average Bonchev–Trinajstić information content (AvgIpc) is 2.85. The Morgan fingerprint density at radius 2 is 2.04 bits per heavy atom. The van der Waals surface area contributed by atoms with Crippen LogP contribution in [0.2, 0.25) is 0 Å². The molecule has 0 aromatic carbocycles. The third kappa shape index (κ3) is 5.65. The van der Waals surface area contributed by atoms with Gasteiger partial charge in [-0.3, -0.25) is 0 Å². The molecule has 0 radical (unpaired) electrons. The molecule has 5 nitrogen and oxygen atoms in total. The zero-order chi connectivity index (χ0) is 17.0. The fraction of sp³-hybridized carbons (Fsp3) is 0.643. The monoisotopic (exact) mass is 335 g/mol. The van der Waals surface area contributed by atoms with Crippen molar-refractivity contribution in [1.82, 2.24) is 15.3 Å². The summed E-state index contributed by atoms with van der Waals surface area (Å²) < 4.78 is 54.4. The Bertz CT molecular complexity index is 536. The number of alkyl carbamates (subject to hydrolysis) is 1. The fourth-order valence-electron chi connectivity index (χ4n) is 2.67. The van der Waals surface area contributed by atoms with Gasteiger partial charge in [0.15, 0.2) is 0 Å². The first-order valence-corrected chi connectivity index (χ1v) is 7.24. The number of amides is 1. The molecular weight excluding hydrogens is 318 g/mol. The molecule has 128 valence electrons. The molecule has 0 spiro atoms. The van der Waals surface area contributed by atoms with Gasteiger partial charge in [-0.15, -0.1) is 0 Å². The van der Waals surface area contributed by atoms with Crippen LogP contribution >= 0.6 is 0 Å². The van der Waals surface area contributed by atoms with Crippen LogP contribution < -0.4 is 5.32 Å². The third-order valence-electron chi connectivity index (χ3n) is 3.67. The first-order chi connectivity index (χ1) is 10.7. The number of aromatic nitrogens is 2. The maximum Gasteiger partial charge on any atom is 0.407 e. The zero-order valence-electron chi connectivity index (χ0n) is 12.4. The summed E-state index contributed by atoms with van der Waals surface area (Å²) in [5, 5.41) is 2.17. The van der Waals surface area contributed by atoms with Gasteiger partial charge in [0.1, 0.15) is 6.10 Å². The van der Waals surface area contributed by atoms with Gasteiger partial charge in [-0.25, -0.2) is 14.8 Å². The van der Waals surface area contributed by atoms with Crippen LogP contribution in [0.4, 0.5) is 22.4 Å². The highest BCUT2D eigenvalue weighted by Crippen LogP contribution is 2.35. The molecule has 1 aromatic heterocycles. The Hall–Kier alpha value is -1.93. The Kier molecular flexibility index (Phi) is 5.38. The zero-order valence-corrected chi connectivity index (χ0v) is 12.4. The van der Waals surface area contributed by atoms with Gasteiger partial charge in [-0.05, 0) is 37.7 Å². The molecule has 1 heterocycles. The predicted molar refractivity (Wildman–Crippen MR) is 72.1 cm³/mol. The summed E-state index contributed by atoms with van der Waals surface area (Å²) in [6.45, 7) is 1.27. The number of rotatable bonds is 4. The van der Waals surface area contributed by atoms with E-state index >= 15 is 0 Å². The van der Waals surface area contributed by atoms with E-state index in [4.69, 9.17) is 4.74 Å². The van der Waals surface area contributed by atoms with E-state index < -0.39 is 30.8 Å². The van der Waals surface area contributed by atoms with Crippen molar-refractivity contribution < 1.29 is 27.1 Å². The number of halogens is 4. The quantitative estimate of drug-likeness (QED) is 0.677. The van der Waals surface area contributed by atoms with Crippen molar-refractivity contribution in [2.24, 2.45) is 0 Å². The minimum Gasteiger partial charge on any atom is -0.446 e. The van der Waals surface area contributed by atoms with E-state index in [-0.39, 0.29) is 12.0 Å². The van der Waals surface area contributed by atoms with E-state index in [0.29, 0.717) is 19.3 Å². The summed E-state index contributed by atoms with van der Waals surface area (Å²) in [4.78, 5) is 18.6. The Morgan fingerprint density at radius 1 is 1.39 bits per heavy atom. The number of carbonyl (C=O) groups excluding carboxylic acids is 1. The highest BCUT2D eigenvalue weighted by atomic mass is 19.4. The summed E-state index contributed by atoms with van der Waals surface area (Å²) in [6.07, 6.45) is -2.91. The largest absolute Gasteiger partial charge is 0.446 e. The second-order valence-corrected chi connectivity index (χ2v) is 5.69. The SMILES string of the molecule is C[C@@H](CC(F)(F)F)NC(=O)O[C@@H]1CC[C@H](c2cnc(F)nc2)C1. The molecule has 1 fully saturated rings. The predicted octanol–water partition coefficient (Wildman–Crippen LogP) is 3.32. The standard InChI is InChI=1S/C14H17F4N3O2/c1-8(5-14(16,17)18)21-13(22)23-11-3-2-9(4-11)10-6-19-12(15)20-7-10/h6-9,11H,2-5H2,1H3,(H,21,22)/t8-,9-,11+/m0/s1. The normalized spacial score (nSPS) is 22.7. The van der Waals surface area contributed by atoms with Gasteiger partial charge in [0, 0.05) is 18.4 Å². The van der Waals surface area contributed by atoms with Crippen LogP contribution in [0.3, 0.4) is 0 Å². The van der Waals surface area contributed by atoms with Crippen LogP contribution in [-0.2, 0) is 4.74 Å². The minimum atomic E-state index is -4.34. The lowest BCUT2D eigenvalue weighted by molar-refractivity contribution is -0.138. The molecule has 3 atom stereocenters. The van der Waals surface area contributed by atoms with Crippen LogP contribution in [0, 0.1) is 6.08 Å². The molecule has 1 aliphatic rings. The van der Waals surface area contributed by atoms with Crippen molar-refractivity contribution in [2.45, 2.75) is 56.8 Å². The van der Waals surface area contributed by atoms with E-state index in [2.05, 4.69) is 15.3 Å². The number of nitrogens with zero attached hydrogens (tertiary/aromatic N) is 2. The molecule has 1 aromatic rings. The van der Waals surface area contributed by atoms with Crippen LogP contribution in [-0.4, -0.2) is 34.4 Å². The molecule has 1 saturated carbocycles. The van der Waals surface area contributed by atoms with Crippen LogP contribution in [0.25, 0.3) is 0 Å². The van der Waals surface area contributed by atoms with Crippen molar-refractivity contribution >= 4 is 6.09 Å². The van der Waals surface area contributed by atoms with Crippen LogP contribution in [0.1, 0.15) is 44.1 Å². The van der Waals surface area contributed by atoms with E-state index in [1.165, 1.54) is 19.3 Å². The highest BCUT2D eigenvalue weighted by molar-refractivity contribution is 5.67. The third-order valence-corrected chi connectivity index (χ3v) is 3.67. The molecule has 9 heteroatoms. The van der Waals surface area contributed by atoms with Gasteiger partial charge >= 0.3 is 18.3 Å². The number of carbonyl (C=O) groups is 1. The molecule has 1 N–H and O–H groups in total. The van der Waals surface area contributed by atoms with Gasteiger partial charge in [0.2, 0.25) is 0 Å². The molecular formula is C14H17F4N3O2. The number of ether oxygens (including phenoxy) is 1. The van der Waals surface area contributed by atoms with Crippen molar-refractivity contribution in [1.29, 1.82) is 0 Å². The molecule has 0 bridgehead atoms. The number of hydrogen-bond donors (Lipinski definition) is 1. The average molecular weight is 335 g/mol. The topological polar surface area (TPSA) is 64.1 Å². The molecule has 2 rings (SSSR count). The van der Waals surface area contributed by atoms with Gasteiger partial charge < -0.3 is 10.1 Å². The first-order valence-electron chi connectivity index (χ1n) is 7.24. The maximum absolute atomic E-state index is 12.7. The summed E-state index contributed by atoms with van der Waals surface area (Å²) in [6, 6.07) is -1.05. The van der Waals surface area contributed by atoms with Gasteiger partial charge in [-0.1, -0.05) is 0 Å². The minimum absolute atomic E-state index is 0.0426. The lowest BCUT2D eigenvalue weighted by Crippen LogP contribution is -2.37. The van der Waals surface area contributed by atoms with E-state index in [1.807, 2.05) is 0 Å². The molecule has 0 unspecified atom stereocenters. The summed E-state index contributed by atoms with van der Waals surface area (Å²) >= 11 is 0. The number of alkyl halides is 3. The lowest BCUT2D eigenvalue weighted by atomic mass is 10.0. The van der Waals surface area contributed by atoms with E-state index in [0.717, 1.165) is 5.56 Å². The Labute approximate surface area is 130 Å². The number of hydrogen-bond acceptors (Lipinski definition) is 4. The van der Waals surface area contributed by atoms with E-state index in [1.54, 1.807) is 0 Å². The fourth-order valence-corrected chi connectivity index (χ4v) is 2.67. The summed E-state index contributed by atoms with van der Waals surface area (Å²) in [5.41, 5.74) is 0.753. The van der Waals surface area contributed by atoms with Crippen LogP contribution in [0.5, 0.6) is 0 Å². The second-order valence-electron chi connectivity index (χ2n) is 5.69. The Balaban J connectivity index is 1.78. The second kappa shape index (κ2) is 7.10.